The Labute approximate surface area is 133 Å². The van der Waals surface area contributed by atoms with Crippen LogP contribution >= 0.6 is 0 Å². The zero-order chi connectivity index (χ0) is 15.6. The Balaban J connectivity index is 1.64. The fourth-order valence-electron chi connectivity index (χ4n) is 3.20. The van der Waals surface area contributed by atoms with Gasteiger partial charge in [0.25, 0.3) is 0 Å². The molecule has 3 heterocycles. The smallest absolute Gasteiger partial charge is 0.336 e. The maximum atomic E-state index is 11.6. The molecule has 3 aromatic rings. The molecule has 1 aliphatic heterocycles. The first-order valence-corrected chi connectivity index (χ1v) is 8.10. The first-order chi connectivity index (χ1) is 11.3. The van der Waals surface area contributed by atoms with Gasteiger partial charge in [-0.25, -0.2) is 4.79 Å². The molecule has 1 saturated heterocycles. The van der Waals surface area contributed by atoms with Crippen LogP contribution in [-0.4, -0.2) is 31.1 Å². The van der Waals surface area contributed by atoms with E-state index in [1.807, 2.05) is 12.1 Å². The molecule has 5 heteroatoms. The van der Waals surface area contributed by atoms with Crippen molar-refractivity contribution in [2.45, 2.75) is 19.3 Å². The van der Waals surface area contributed by atoms with Gasteiger partial charge in [0.1, 0.15) is 6.61 Å². The van der Waals surface area contributed by atoms with Crippen LogP contribution in [0, 0.1) is 0 Å². The van der Waals surface area contributed by atoms with Crippen molar-refractivity contribution in [2.75, 3.05) is 26.2 Å². The average Bonchev–Trinajstić information content (AvgIpc) is 3.04. The number of hydrogen-bond donors (Lipinski definition) is 0. The van der Waals surface area contributed by atoms with E-state index in [-0.39, 0.29) is 5.63 Å². The van der Waals surface area contributed by atoms with Crippen LogP contribution in [-0.2, 0) is 0 Å². The molecule has 0 unspecified atom stereocenters. The number of likely N-dealkylation sites (tertiary alicyclic amines) is 1. The Bertz CT molecular complexity index is 873. The van der Waals surface area contributed by atoms with E-state index in [0.29, 0.717) is 23.5 Å². The van der Waals surface area contributed by atoms with Crippen LogP contribution < -0.4 is 10.4 Å². The maximum Gasteiger partial charge on any atom is 0.336 e. The highest BCUT2D eigenvalue weighted by molar-refractivity contribution is 5.99. The molecule has 120 valence electrons. The summed E-state index contributed by atoms with van der Waals surface area (Å²) in [7, 11) is 0. The van der Waals surface area contributed by atoms with Crippen molar-refractivity contribution in [1.82, 2.24) is 4.90 Å². The quantitative estimate of drug-likeness (QED) is 0.691. The Kier molecular flexibility index (Phi) is 3.79. The number of nitrogens with zero attached hydrogens (tertiary/aromatic N) is 1. The summed E-state index contributed by atoms with van der Waals surface area (Å²) >= 11 is 0. The van der Waals surface area contributed by atoms with Crippen molar-refractivity contribution in [2.24, 2.45) is 0 Å². The van der Waals surface area contributed by atoms with Gasteiger partial charge < -0.3 is 13.6 Å². The second-order valence-electron chi connectivity index (χ2n) is 5.97. The van der Waals surface area contributed by atoms with Gasteiger partial charge in [0.2, 0.25) is 5.75 Å². The van der Waals surface area contributed by atoms with Crippen LogP contribution in [0.2, 0.25) is 0 Å². The second kappa shape index (κ2) is 6.08. The number of ether oxygens (including phenoxy) is 1. The van der Waals surface area contributed by atoms with Crippen LogP contribution in [0.1, 0.15) is 19.3 Å². The summed E-state index contributed by atoms with van der Waals surface area (Å²) in [6.45, 7) is 3.68. The van der Waals surface area contributed by atoms with E-state index in [1.54, 1.807) is 12.3 Å². The Morgan fingerprint density at radius 3 is 2.74 bits per heavy atom. The molecule has 1 aromatic carbocycles. The molecule has 0 aliphatic carbocycles. The molecule has 1 fully saturated rings. The first kappa shape index (κ1) is 14.3. The standard InChI is InChI=1S/C18H19NO4/c20-15-5-4-13-12-14-6-10-21-16(14)18(17(13)23-15)22-11-9-19-7-2-1-3-8-19/h4-6,10,12H,1-3,7-9,11H2. The van der Waals surface area contributed by atoms with E-state index < -0.39 is 0 Å². The molecule has 4 rings (SSSR count). The fraction of sp³-hybridized carbons (Fsp3) is 0.389. The highest BCUT2D eigenvalue weighted by atomic mass is 16.5. The Morgan fingerprint density at radius 1 is 1.04 bits per heavy atom. The van der Waals surface area contributed by atoms with Gasteiger partial charge in [0, 0.05) is 23.4 Å². The first-order valence-electron chi connectivity index (χ1n) is 8.10. The molecule has 0 bridgehead atoms. The van der Waals surface area contributed by atoms with Gasteiger partial charge in [0.05, 0.1) is 6.26 Å². The number of furan rings is 1. The molecule has 0 saturated carbocycles. The monoisotopic (exact) mass is 313 g/mol. The highest BCUT2D eigenvalue weighted by Crippen LogP contribution is 2.34. The second-order valence-corrected chi connectivity index (χ2v) is 5.97. The predicted molar refractivity (Wildman–Crippen MR) is 88.0 cm³/mol. The van der Waals surface area contributed by atoms with E-state index in [0.717, 1.165) is 30.4 Å². The summed E-state index contributed by atoms with van der Waals surface area (Å²) in [6, 6.07) is 7.00. The van der Waals surface area contributed by atoms with Crippen molar-refractivity contribution in [1.29, 1.82) is 0 Å². The SMILES string of the molecule is O=c1ccc2cc3ccoc3c(OCCN3CCCCC3)c2o1. The van der Waals surface area contributed by atoms with Crippen molar-refractivity contribution in [3.63, 3.8) is 0 Å². The van der Waals surface area contributed by atoms with E-state index in [4.69, 9.17) is 13.6 Å². The maximum absolute atomic E-state index is 11.6. The molecule has 23 heavy (non-hydrogen) atoms. The predicted octanol–water partition coefficient (Wildman–Crippen LogP) is 3.40. The zero-order valence-electron chi connectivity index (χ0n) is 12.9. The van der Waals surface area contributed by atoms with Gasteiger partial charge in [-0.3, -0.25) is 4.90 Å². The third-order valence-electron chi connectivity index (χ3n) is 4.39. The van der Waals surface area contributed by atoms with E-state index in [2.05, 4.69) is 4.90 Å². The molecule has 5 nitrogen and oxygen atoms in total. The van der Waals surface area contributed by atoms with Crippen molar-refractivity contribution in [3.8, 4) is 5.75 Å². The lowest BCUT2D eigenvalue weighted by atomic mass is 10.1. The zero-order valence-corrected chi connectivity index (χ0v) is 12.9. The minimum Gasteiger partial charge on any atom is -0.485 e. The largest absolute Gasteiger partial charge is 0.485 e. The average molecular weight is 313 g/mol. The van der Waals surface area contributed by atoms with Gasteiger partial charge in [0.15, 0.2) is 11.2 Å². The molecule has 0 amide bonds. The summed E-state index contributed by atoms with van der Waals surface area (Å²) in [5, 5.41) is 1.78. The Hall–Kier alpha value is -2.27. The van der Waals surface area contributed by atoms with Crippen molar-refractivity contribution < 1.29 is 13.6 Å². The molecule has 0 atom stereocenters. The molecule has 0 radical (unpaired) electrons. The number of rotatable bonds is 4. The molecule has 1 aliphatic rings. The summed E-state index contributed by atoms with van der Waals surface area (Å²) < 4.78 is 16.9. The fourth-order valence-corrected chi connectivity index (χ4v) is 3.20. The number of piperidine rings is 1. The van der Waals surface area contributed by atoms with Gasteiger partial charge >= 0.3 is 5.63 Å². The van der Waals surface area contributed by atoms with E-state index in [1.165, 1.54) is 25.3 Å². The minimum absolute atomic E-state index is 0.385. The molecular weight excluding hydrogens is 294 g/mol. The molecule has 0 N–H and O–H groups in total. The van der Waals surface area contributed by atoms with Gasteiger partial charge in [-0.15, -0.1) is 0 Å². The number of benzene rings is 1. The van der Waals surface area contributed by atoms with Gasteiger partial charge in [-0.05, 0) is 44.1 Å². The topological polar surface area (TPSA) is 55.8 Å². The van der Waals surface area contributed by atoms with Crippen LogP contribution in [0.25, 0.3) is 21.9 Å². The van der Waals surface area contributed by atoms with Gasteiger partial charge in [-0.2, -0.15) is 0 Å². The van der Waals surface area contributed by atoms with Crippen LogP contribution in [0.5, 0.6) is 5.75 Å². The number of fused-ring (bicyclic) bond motifs is 2. The lowest BCUT2D eigenvalue weighted by Gasteiger charge is -2.26. The van der Waals surface area contributed by atoms with E-state index in [9.17, 15) is 4.79 Å². The summed E-state index contributed by atoms with van der Waals surface area (Å²) in [4.78, 5) is 14.0. The van der Waals surface area contributed by atoms with Crippen LogP contribution in [0.4, 0.5) is 0 Å². The Morgan fingerprint density at radius 2 is 1.87 bits per heavy atom. The third-order valence-corrected chi connectivity index (χ3v) is 4.39. The third kappa shape index (κ3) is 2.84. The molecular formula is C18H19NO4. The lowest BCUT2D eigenvalue weighted by Crippen LogP contribution is -2.33. The van der Waals surface area contributed by atoms with Crippen molar-refractivity contribution in [3.05, 3.63) is 40.9 Å². The minimum atomic E-state index is -0.385. The lowest BCUT2D eigenvalue weighted by molar-refractivity contribution is 0.183. The van der Waals surface area contributed by atoms with Crippen LogP contribution in [0.15, 0.2) is 44.2 Å². The summed E-state index contributed by atoms with van der Waals surface area (Å²) in [5.74, 6) is 0.525. The highest BCUT2D eigenvalue weighted by Gasteiger charge is 2.16. The number of hydrogen-bond acceptors (Lipinski definition) is 5. The van der Waals surface area contributed by atoms with E-state index >= 15 is 0 Å². The normalized spacial score (nSPS) is 16.2. The van der Waals surface area contributed by atoms with Crippen molar-refractivity contribution >= 4 is 21.9 Å². The summed E-state index contributed by atoms with van der Waals surface area (Å²) in [5.41, 5.74) is 0.702. The molecule has 2 aromatic heterocycles. The van der Waals surface area contributed by atoms with Gasteiger partial charge in [-0.1, -0.05) is 6.42 Å². The summed E-state index contributed by atoms with van der Waals surface area (Å²) in [6.07, 6.45) is 5.45. The molecule has 0 spiro atoms. The van der Waals surface area contributed by atoms with Crippen LogP contribution in [0.3, 0.4) is 0 Å².